The summed E-state index contributed by atoms with van der Waals surface area (Å²) in [6.45, 7) is 1.78. The standard InChI is InChI=1S/C34H33ClN2O6S2/c1-23-8-10-24(11-9-23)31-20-33-30(22-36(31)44(39,40)29-18-14-26(35)15-19-29)34(38)21-32(25-12-16-27(43-2)17-13-25)37(33)45(41,42)28-6-4-3-5-7-28/h3-19,30-33H,20-22H2,1-2H3/t30-,31+,32+,33+/m1/s1. The molecule has 0 unspecified atom stereocenters. The van der Waals surface area contributed by atoms with Gasteiger partial charge in [0.2, 0.25) is 20.0 Å². The maximum absolute atomic E-state index is 14.5. The van der Waals surface area contributed by atoms with Crippen LogP contribution in [0.2, 0.25) is 5.02 Å². The van der Waals surface area contributed by atoms with Gasteiger partial charge in [-0.15, -0.1) is 0 Å². The Balaban J connectivity index is 1.50. The van der Waals surface area contributed by atoms with Gasteiger partial charge in [0, 0.05) is 29.9 Å². The number of aryl methyl sites for hydroxylation is 1. The van der Waals surface area contributed by atoms with Crippen molar-refractivity contribution in [2.75, 3.05) is 13.7 Å². The smallest absolute Gasteiger partial charge is 0.243 e. The van der Waals surface area contributed by atoms with E-state index in [4.69, 9.17) is 16.3 Å². The Morgan fingerprint density at radius 3 is 1.93 bits per heavy atom. The number of halogens is 1. The van der Waals surface area contributed by atoms with Crippen LogP contribution < -0.4 is 4.74 Å². The Labute approximate surface area is 269 Å². The van der Waals surface area contributed by atoms with E-state index in [1.807, 2.05) is 31.2 Å². The quantitative estimate of drug-likeness (QED) is 0.234. The van der Waals surface area contributed by atoms with Crippen molar-refractivity contribution in [2.45, 2.75) is 47.7 Å². The third kappa shape index (κ3) is 5.93. The molecule has 0 saturated carbocycles. The van der Waals surface area contributed by atoms with Gasteiger partial charge in [-0.05, 0) is 73.0 Å². The normalized spacial score (nSPS) is 23.0. The number of carbonyl (C=O) groups is 1. The van der Waals surface area contributed by atoms with Crippen LogP contribution in [-0.2, 0) is 24.8 Å². The van der Waals surface area contributed by atoms with Crippen LogP contribution in [0.25, 0.3) is 0 Å². The first-order valence-corrected chi connectivity index (χ1v) is 17.9. The molecule has 4 aromatic carbocycles. The topological polar surface area (TPSA) is 101 Å². The van der Waals surface area contributed by atoms with Gasteiger partial charge in [-0.25, -0.2) is 16.8 Å². The summed E-state index contributed by atoms with van der Waals surface area (Å²) in [5, 5.41) is 0.400. The van der Waals surface area contributed by atoms with Crippen molar-refractivity contribution < 1.29 is 26.4 Å². The highest BCUT2D eigenvalue weighted by atomic mass is 35.5. The number of methoxy groups -OCH3 is 1. The van der Waals surface area contributed by atoms with Gasteiger partial charge in [-0.3, -0.25) is 4.79 Å². The fourth-order valence-electron chi connectivity index (χ4n) is 6.46. The summed E-state index contributed by atoms with van der Waals surface area (Å²) >= 11 is 6.07. The van der Waals surface area contributed by atoms with Crippen molar-refractivity contribution in [3.05, 3.63) is 125 Å². The molecule has 0 N–H and O–H groups in total. The first-order valence-electron chi connectivity index (χ1n) is 14.6. The second-order valence-electron chi connectivity index (χ2n) is 11.5. The number of ether oxygens (including phenoxy) is 1. The number of nitrogens with zero attached hydrogens (tertiary/aromatic N) is 2. The van der Waals surface area contributed by atoms with E-state index < -0.39 is 44.1 Å². The van der Waals surface area contributed by atoms with Crippen molar-refractivity contribution in [3.63, 3.8) is 0 Å². The predicted octanol–water partition coefficient (Wildman–Crippen LogP) is 6.18. The fourth-order valence-corrected chi connectivity index (χ4v) is 10.1. The Kier molecular flexibility index (Phi) is 8.62. The summed E-state index contributed by atoms with van der Waals surface area (Å²) in [6.07, 6.45) is -0.00536. The Morgan fingerprint density at radius 2 is 1.31 bits per heavy atom. The molecule has 0 amide bonds. The molecule has 2 saturated heterocycles. The minimum absolute atomic E-state index is 0.0515. The summed E-state index contributed by atoms with van der Waals surface area (Å²) < 4.78 is 65.6. The van der Waals surface area contributed by atoms with Crippen molar-refractivity contribution in [3.8, 4) is 5.75 Å². The zero-order valence-electron chi connectivity index (χ0n) is 24.8. The van der Waals surface area contributed by atoms with Gasteiger partial charge in [0.15, 0.2) is 0 Å². The van der Waals surface area contributed by atoms with Crippen molar-refractivity contribution in [1.29, 1.82) is 0 Å². The fraction of sp³-hybridized carbons (Fsp3) is 0.265. The molecule has 234 valence electrons. The highest BCUT2D eigenvalue weighted by Gasteiger charge is 2.54. The van der Waals surface area contributed by atoms with Gasteiger partial charge in [-0.1, -0.05) is 71.8 Å². The monoisotopic (exact) mass is 664 g/mol. The molecule has 4 atom stereocenters. The maximum atomic E-state index is 14.5. The van der Waals surface area contributed by atoms with E-state index in [0.717, 1.165) is 5.56 Å². The van der Waals surface area contributed by atoms with Crippen LogP contribution in [0.3, 0.4) is 0 Å². The predicted molar refractivity (Wildman–Crippen MR) is 172 cm³/mol. The number of fused-ring (bicyclic) bond motifs is 1. The van der Waals surface area contributed by atoms with E-state index in [1.165, 1.54) is 32.9 Å². The van der Waals surface area contributed by atoms with E-state index in [2.05, 4.69) is 0 Å². The first kappa shape index (κ1) is 31.4. The number of piperidine rings is 2. The molecular weight excluding hydrogens is 632 g/mol. The molecule has 8 nitrogen and oxygen atoms in total. The molecule has 0 aliphatic carbocycles. The van der Waals surface area contributed by atoms with Crippen LogP contribution in [0, 0.1) is 12.8 Å². The number of sulfonamides is 2. The molecule has 11 heteroatoms. The lowest BCUT2D eigenvalue weighted by Crippen LogP contribution is -2.60. The van der Waals surface area contributed by atoms with Crippen LogP contribution in [0.15, 0.2) is 113 Å². The van der Waals surface area contributed by atoms with Crippen molar-refractivity contribution in [2.24, 2.45) is 5.92 Å². The van der Waals surface area contributed by atoms with Gasteiger partial charge < -0.3 is 4.74 Å². The van der Waals surface area contributed by atoms with Crippen LogP contribution in [0.4, 0.5) is 0 Å². The average molecular weight is 665 g/mol. The summed E-state index contributed by atoms with van der Waals surface area (Å²) in [6, 6.07) is 26.4. The number of ketones is 1. The lowest BCUT2D eigenvalue weighted by Gasteiger charge is -2.51. The number of carbonyl (C=O) groups excluding carboxylic acids is 1. The van der Waals surface area contributed by atoms with E-state index >= 15 is 0 Å². The Bertz CT molecular complexity index is 1900. The van der Waals surface area contributed by atoms with E-state index in [1.54, 1.807) is 61.7 Å². The second kappa shape index (κ2) is 12.3. The van der Waals surface area contributed by atoms with Crippen LogP contribution >= 0.6 is 11.6 Å². The van der Waals surface area contributed by atoms with E-state index in [0.29, 0.717) is 21.9 Å². The second-order valence-corrected chi connectivity index (χ2v) is 15.6. The van der Waals surface area contributed by atoms with E-state index in [9.17, 15) is 21.6 Å². The van der Waals surface area contributed by atoms with Crippen LogP contribution in [-0.4, -0.2) is 50.9 Å². The molecule has 2 aliphatic heterocycles. The van der Waals surface area contributed by atoms with Gasteiger partial charge in [0.1, 0.15) is 11.5 Å². The van der Waals surface area contributed by atoms with Gasteiger partial charge >= 0.3 is 0 Å². The Hall–Kier alpha value is -3.54. The summed E-state index contributed by atoms with van der Waals surface area (Å²) in [7, 11) is -6.67. The van der Waals surface area contributed by atoms with Crippen LogP contribution in [0.5, 0.6) is 5.75 Å². The SMILES string of the molecule is COc1ccc([C@@H]2CC(=O)[C@@H]3CN(S(=O)(=O)c4ccc(Cl)cc4)[C@H](c4ccc(C)cc4)C[C@@H]3N2S(=O)(=O)c2ccccc2)cc1. The molecule has 4 aromatic rings. The van der Waals surface area contributed by atoms with Crippen LogP contribution in [0.1, 0.15) is 41.6 Å². The molecule has 0 spiro atoms. The summed E-state index contributed by atoms with van der Waals surface area (Å²) in [5.41, 5.74) is 2.37. The zero-order valence-corrected chi connectivity index (χ0v) is 27.2. The number of benzene rings is 4. The molecule has 45 heavy (non-hydrogen) atoms. The lowest BCUT2D eigenvalue weighted by molar-refractivity contribution is -0.132. The highest BCUT2D eigenvalue weighted by molar-refractivity contribution is 7.89. The molecular formula is C34H33ClN2O6S2. The van der Waals surface area contributed by atoms with Gasteiger partial charge in [0.05, 0.1) is 29.0 Å². The average Bonchev–Trinajstić information content (AvgIpc) is 3.05. The number of hydrogen-bond acceptors (Lipinski definition) is 6. The lowest BCUT2D eigenvalue weighted by atomic mass is 9.77. The summed E-state index contributed by atoms with van der Waals surface area (Å²) in [4.78, 5) is 14.2. The van der Waals surface area contributed by atoms with Crippen molar-refractivity contribution in [1.82, 2.24) is 8.61 Å². The number of rotatable bonds is 7. The molecule has 2 aliphatic rings. The molecule has 0 aromatic heterocycles. The summed E-state index contributed by atoms with van der Waals surface area (Å²) in [5.74, 6) is -0.447. The van der Waals surface area contributed by atoms with Gasteiger partial charge in [-0.2, -0.15) is 8.61 Å². The van der Waals surface area contributed by atoms with E-state index in [-0.39, 0.29) is 35.0 Å². The molecule has 6 rings (SSSR count). The number of Topliss-reactive ketones (excluding diaryl/α,β-unsaturated/α-hetero) is 1. The third-order valence-corrected chi connectivity index (χ3v) is 12.9. The molecule has 2 fully saturated rings. The van der Waals surface area contributed by atoms with Crippen molar-refractivity contribution >= 4 is 37.4 Å². The molecule has 0 radical (unpaired) electrons. The minimum Gasteiger partial charge on any atom is -0.497 e. The Morgan fingerprint density at radius 1 is 0.733 bits per heavy atom. The highest BCUT2D eigenvalue weighted by Crippen LogP contribution is 2.48. The first-order chi connectivity index (χ1) is 21.5. The number of hydrogen-bond donors (Lipinski definition) is 0. The minimum atomic E-state index is -4.12. The van der Waals surface area contributed by atoms with Gasteiger partial charge in [0.25, 0.3) is 0 Å². The molecule has 2 heterocycles. The zero-order chi connectivity index (χ0) is 31.9. The third-order valence-electron chi connectivity index (χ3n) is 8.80. The maximum Gasteiger partial charge on any atom is 0.243 e. The largest absolute Gasteiger partial charge is 0.497 e. The molecule has 0 bridgehead atoms.